The van der Waals surface area contributed by atoms with Gasteiger partial charge in [-0.3, -0.25) is 0 Å². The van der Waals surface area contributed by atoms with Crippen molar-refractivity contribution in [3.63, 3.8) is 0 Å². The van der Waals surface area contributed by atoms with E-state index in [4.69, 9.17) is 5.73 Å². The Kier molecular flexibility index (Phi) is 4.32. The summed E-state index contributed by atoms with van der Waals surface area (Å²) in [6.45, 7) is 4.66. The number of rotatable bonds is 3. The zero-order valence-electron chi connectivity index (χ0n) is 10.7. The van der Waals surface area contributed by atoms with Crippen molar-refractivity contribution in [1.82, 2.24) is 0 Å². The first-order valence-electron chi connectivity index (χ1n) is 6.52. The second-order valence-corrected chi connectivity index (χ2v) is 8.39. The van der Waals surface area contributed by atoms with Crippen molar-refractivity contribution >= 4 is 27.3 Å². The lowest BCUT2D eigenvalue weighted by Crippen LogP contribution is -2.46. The first-order valence-corrected chi connectivity index (χ1v) is 8.12. The Balaban J connectivity index is 2.03. The molecule has 0 bridgehead atoms. The van der Waals surface area contributed by atoms with Gasteiger partial charge in [0.15, 0.2) is 0 Å². The Morgan fingerprint density at radius 3 is 2.88 bits per heavy atom. The molecule has 2 rings (SSSR count). The second kappa shape index (κ2) is 5.41. The van der Waals surface area contributed by atoms with Crippen molar-refractivity contribution < 1.29 is 0 Å². The first-order chi connectivity index (χ1) is 7.98. The molecule has 17 heavy (non-hydrogen) atoms. The number of hydrogen-bond acceptors (Lipinski definition) is 2. The molecule has 96 valence electrons. The molecular formula is C14H22BrNS. The zero-order chi connectivity index (χ0) is 12.5. The van der Waals surface area contributed by atoms with Gasteiger partial charge in [-0.05, 0) is 59.2 Å². The van der Waals surface area contributed by atoms with Crippen LogP contribution in [-0.2, 0) is 6.42 Å². The lowest BCUT2D eigenvalue weighted by Gasteiger charge is -2.39. The highest BCUT2D eigenvalue weighted by Gasteiger charge is 2.34. The Bertz CT molecular complexity index is 374. The average molecular weight is 316 g/mol. The third-order valence-electron chi connectivity index (χ3n) is 4.02. The summed E-state index contributed by atoms with van der Waals surface area (Å²) in [4.78, 5) is 1.42. The van der Waals surface area contributed by atoms with Gasteiger partial charge >= 0.3 is 0 Å². The van der Waals surface area contributed by atoms with Crippen LogP contribution in [0.3, 0.4) is 0 Å². The minimum absolute atomic E-state index is 0.0392. The number of thiophene rings is 1. The van der Waals surface area contributed by atoms with Crippen molar-refractivity contribution in [2.45, 2.75) is 51.5 Å². The van der Waals surface area contributed by atoms with Crippen LogP contribution in [-0.4, -0.2) is 5.54 Å². The molecule has 2 N–H and O–H groups in total. The molecule has 0 aliphatic heterocycles. The smallest absolute Gasteiger partial charge is 0.0701 e. The molecule has 1 heterocycles. The molecule has 1 aliphatic rings. The lowest BCUT2D eigenvalue weighted by atomic mass is 9.71. The summed E-state index contributed by atoms with van der Waals surface area (Å²) in [5.41, 5.74) is 6.66. The monoisotopic (exact) mass is 315 g/mol. The Labute approximate surface area is 117 Å². The Hall–Kier alpha value is 0.140. The lowest BCUT2D eigenvalue weighted by molar-refractivity contribution is 0.183. The third kappa shape index (κ3) is 3.55. The number of nitrogens with two attached hydrogens (primary N) is 1. The fourth-order valence-electron chi connectivity index (χ4n) is 2.97. The molecule has 1 aromatic rings. The van der Waals surface area contributed by atoms with Crippen LogP contribution in [0.25, 0.3) is 0 Å². The molecule has 0 amide bonds. The van der Waals surface area contributed by atoms with E-state index in [0.29, 0.717) is 0 Å². The van der Waals surface area contributed by atoms with E-state index in [1.54, 1.807) is 0 Å². The van der Waals surface area contributed by atoms with Crippen molar-refractivity contribution in [2.24, 2.45) is 17.6 Å². The SMILES string of the molecule is CC(C)C1CCCC(N)(Cc2ccc(Br)s2)C1. The predicted molar refractivity (Wildman–Crippen MR) is 79.4 cm³/mol. The van der Waals surface area contributed by atoms with Crippen LogP contribution in [0.15, 0.2) is 15.9 Å². The third-order valence-corrected chi connectivity index (χ3v) is 5.64. The summed E-state index contributed by atoms with van der Waals surface area (Å²) in [6, 6.07) is 4.34. The van der Waals surface area contributed by atoms with Crippen molar-refractivity contribution in [3.05, 3.63) is 20.8 Å². The molecule has 2 unspecified atom stereocenters. The van der Waals surface area contributed by atoms with Crippen molar-refractivity contribution in [3.8, 4) is 0 Å². The highest BCUT2D eigenvalue weighted by atomic mass is 79.9. The van der Waals surface area contributed by atoms with E-state index in [1.807, 2.05) is 11.3 Å². The number of halogens is 1. The molecule has 1 aromatic heterocycles. The maximum absolute atomic E-state index is 6.62. The van der Waals surface area contributed by atoms with Crippen molar-refractivity contribution in [2.75, 3.05) is 0 Å². The van der Waals surface area contributed by atoms with E-state index in [-0.39, 0.29) is 5.54 Å². The standard InChI is InChI=1S/C14H22BrNS/c1-10(2)11-4-3-7-14(16,8-11)9-12-5-6-13(15)17-12/h5-6,10-11H,3-4,7-9,16H2,1-2H3. The van der Waals surface area contributed by atoms with Crippen LogP contribution in [0.4, 0.5) is 0 Å². The van der Waals surface area contributed by atoms with Gasteiger partial charge in [-0.15, -0.1) is 11.3 Å². The fraction of sp³-hybridized carbons (Fsp3) is 0.714. The topological polar surface area (TPSA) is 26.0 Å². The molecule has 0 radical (unpaired) electrons. The van der Waals surface area contributed by atoms with Crippen molar-refractivity contribution in [1.29, 1.82) is 0 Å². The molecule has 1 aliphatic carbocycles. The molecule has 1 fully saturated rings. The van der Waals surface area contributed by atoms with Gasteiger partial charge < -0.3 is 5.73 Å². The van der Waals surface area contributed by atoms with Crippen LogP contribution in [0.5, 0.6) is 0 Å². The Morgan fingerprint density at radius 1 is 1.53 bits per heavy atom. The van der Waals surface area contributed by atoms with Gasteiger partial charge in [0.2, 0.25) is 0 Å². The molecular weight excluding hydrogens is 294 g/mol. The van der Waals surface area contributed by atoms with E-state index < -0.39 is 0 Å². The Morgan fingerprint density at radius 2 is 2.29 bits per heavy atom. The summed E-state index contributed by atoms with van der Waals surface area (Å²) < 4.78 is 1.22. The van der Waals surface area contributed by atoms with Crippen LogP contribution in [0.2, 0.25) is 0 Å². The van der Waals surface area contributed by atoms with Gasteiger partial charge in [0, 0.05) is 10.4 Å². The normalized spacial score (nSPS) is 29.8. The van der Waals surface area contributed by atoms with Gasteiger partial charge in [0.05, 0.1) is 3.79 Å². The van der Waals surface area contributed by atoms with E-state index in [2.05, 4.69) is 41.9 Å². The highest BCUT2D eigenvalue weighted by molar-refractivity contribution is 9.11. The maximum Gasteiger partial charge on any atom is 0.0701 e. The summed E-state index contributed by atoms with van der Waals surface area (Å²) in [5.74, 6) is 1.59. The maximum atomic E-state index is 6.62. The average Bonchev–Trinajstić information content (AvgIpc) is 2.63. The summed E-state index contributed by atoms with van der Waals surface area (Å²) >= 11 is 5.35. The molecule has 2 atom stereocenters. The van der Waals surface area contributed by atoms with Gasteiger partial charge in [-0.25, -0.2) is 0 Å². The molecule has 0 aromatic carbocycles. The molecule has 3 heteroatoms. The van der Waals surface area contributed by atoms with Crippen LogP contribution in [0, 0.1) is 11.8 Å². The first kappa shape index (κ1) is 13.6. The van der Waals surface area contributed by atoms with Gasteiger partial charge in [0.25, 0.3) is 0 Å². The minimum atomic E-state index is 0.0392. The summed E-state index contributed by atoms with van der Waals surface area (Å²) in [5, 5.41) is 0. The van der Waals surface area contributed by atoms with E-state index in [9.17, 15) is 0 Å². The summed E-state index contributed by atoms with van der Waals surface area (Å²) in [7, 11) is 0. The zero-order valence-corrected chi connectivity index (χ0v) is 13.1. The highest BCUT2D eigenvalue weighted by Crippen LogP contribution is 2.38. The minimum Gasteiger partial charge on any atom is -0.325 e. The quantitative estimate of drug-likeness (QED) is 0.867. The van der Waals surface area contributed by atoms with Gasteiger partial charge in [-0.1, -0.05) is 26.7 Å². The van der Waals surface area contributed by atoms with Crippen LogP contribution < -0.4 is 5.73 Å². The van der Waals surface area contributed by atoms with Crippen LogP contribution >= 0.6 is 27.3 Å². The molecule has 1 saturated carbocycles. The van der Waals surface area contributed by atoms with E-state index in [1.165, 1.54) is 34.3 Å². The molecule has 0 spiro atoms. The van der Waals surface area contributed by atoms with E-state index >= 15 is 0 Å². The number of hydrogen-bond donors (Lipinski definition) is 1. The molecule has 0 saturated heterocycles. The fourth-order valence-corrected chi connectivity index (χ4v) is 4.60. The second-order valence-electron chi connectivity index (χ2n) is 5.85. The largest absolute Gasteiger partial charge is 0.325 e. The van der Waals surface area contributed by atoms with Crippen LogP contribution in [0.1, 0.15) is 44.4 Å². The molecule has 1 nitrogen and oxygen atoms in total. The van der Waals surface area contributed by atoms with Gasteiger partial charge in [0.1, 0.15) is 0 Å². The predicted octanol–water partition coefficient (Wildman–Crippen LogP) is 4.60. The van der Waals surface area contributed by atoms with E-state index in [0.717, 1.165) is 18.3 Å². The van der Waals surface area contributed by atoms with Gasteiger partial charge in [-0.2, -0.15) is 0 Å². The summed E-state index contributed by atoms with van der Waals surface area (Å²) in [6.07, 6.45) is 6.09.